The summed E-state index contributed by atoms with van der Waals surface area (Å²) in [7, 11) is -1.86. The second-order valence-electron chi connectivity index (χ2n) is 4.48. The Morgan fingerprint density at radius 1 is 1.50 bits per heavy atom. The molecule has 1 atom stereocenters. The Bertz CT molecular complexity index is 332. The van der Waals surface area contributed by atoms with Gasteiger partial charge < -0.3 is 9.84 Å². The largest absolute Gasteiger partial charge is 0.396 e. The summed E-state index contributed by atoms with van der Waals surface area (Å²) in [5, 5.41) is 8.75. The molecular formula is C11H24N2O4S. The van der Waals surface area contributed by atoms with E-state index in [1.165, 1.54) is 8.61 Å². The normalized spacial score (nSPS) is 22.6. The molecule has 1 heterocycles. The van der Waals surface area contributed by atoms with Gasteiger partial charge in [-0.1, -0.05) is 0 Å². The molecule has 1 fully saturated rings. The average Bonchev–Trinajstić information content (AvgIpc) is 2.36. The molecule has 0 aromatic carbocycles. The van der Waals surface area contributed by atoms with Crippen LogP contribution in [0.15, 0.2) is 0 Å². The van der Waals surface area contributed by atoms with E-state index in [0.717, 1.165) is 12.8 Å². The Morgan fingerprint density at radius 3 is 2.83 bits per heavy atom. The molecule has 0 aliphatic carbocycles. The zero-order valence-electron chi connectivity index (χ0n) is 11.2. The lowest BCUT2D eigenvalue weighted by atomic mass is 10.1. The topological polar surface area (TPSA) is 70.1 Å². The zero-order chi connectivity index (χ0) is 13.6. The SMILES string of the molecule is CCOC1CCCN(S(=O)(=O)N(C)CCCO)C1. The van der Waals surface area contributed by atoms with Crippen molar-refractivity contribution >= 4 is 10.2 Å². The van der Waals surface area contributed by atoms with E-state index in [1.807, 2.05) is 6.92 Å². The van der Waals surface area contributed by atoms with Crippen LogP contribution in [0.2, 0.25) is 0 Å². The van der Waals surface area contributed by atoms with Crippen LogP contribution >= 0.6 is 0 Å². The third-order valence-electron chi connectivity index (χ3n) is 3.09. The highest BCUT2D eigenvalue weighted by molar-refractivity contribution is 7.86. The summed E-state index contributed by atoms with van der Waals surface area (Å²) in [5.74, 6) is 0. The van der Waals surface area contributed by atoms with Crippen molar-refractivity contribution in [3.05, 3.63) is 0 Å². The fraction of sp³-hybridized carbons (Fsp3) is 1.00. The first kappa shape index (κ1) is 15.8. The maximum absolute atomic E-state index is 12.3. The van der Waals surface area contributed by atoms with Gasteiger partial charge in [0.15, 0.2) is 0 Å². The number of aliphatic hydroxyl groups excluding tert-OH is 1. The minimum absolute atomic E-state index is 0.00142. The van der Waals surface area contributed by atoms with Crippen LogP contribution in [0.3, 0.4) is 0 Å². The van der Waals surface area contributed by atoms with E-state index in [4.69, 9.17) is 9.84 Å². The van der Waals surface area contributed by atoms with Crippen molar-refractivity contribution in [3.63, 3.8) is 0 Å². The van der Waals surface area contributed by atoms with Crippen LogP contribution in [0.4, 0.5) is 0 Å². The highest BCUT2D eigenvalue weighted by Gasteiger charge is 2.31. The molecule has 1 rings (SSSR count). The molecule has 0 aromatic heterocycles. The van der Waals surface area contributed by atoms with E-state index in [2.05, 4.69) is 0 Å². The molecule has 0 bridgehead atoms. The molecule has 0 amide bonds. The minimum atomic E-state index is -3.41. The van der Waals surface area contributed by atoms with Gasteiger partial charge in [-0.05, 0) is 26.2 Å². The molecule has 7 heteroatoms. The first-order valence-corrected chi connectivity index (χ1v) is 7.86. The van der Waals surface area contributed by atoms with Gasteiger partial charge in [0.1, 0.15) is 0 Å². The molecule has 0 spiro atoms. The molecule has 0 saturated carbocycles. The van der Waals surface area contributed by atoms with Crippen molar-refractivity contribution in [2.45, 2.75) is 32.3 Å². The van der Waals surface area contributed by atoms with Gasteiger partial charge in [0.25, 0.3) is 10.2 Å². The predicted octanol–water partition coefficient (Wildman–Crippen LogP) is 0.0463. The molecule has 108 valence electrons. The molecule has 1 saturated heterocycles. The number of piperidine rings is 1. The van der Waals surface area contributed by atoms with Gasteiger partial charge in [-0.25, -0.2) is 0 Å². The Hall–Kier alpha value is -0.210. The highest BCUT2D eigenvalue weighted by Crippen LogP contribution is 2.18. The Morgan fingerprint density at radius 2 is 2.22 bits per heavy atom. The van der Waals surface area contributed by atoms with Gasteiger partial charge in [-0.3, -0.25) is 0 Å². The van der Waals surface area contributed by atoms with Crippen LogP contribution in [-0.4, -0.2) is 68.1 Å². The lowest BCUT2D eigenvalue weighted by Gasteiger charge is -2.34. The molecule has 1 unspecified atom stereocenters. The van der Waals surface area contributed by atoms with Crippen LogP contribution in [0, 0.1) is 0 Å². The number of hydrogen-bond donors (Lipinski definition) is 1. The summed E-state index contributed by atoms with van der Waals surface area (Å²) in [4.78, 5) is 0. The van der Waals surface area contributed by atoms with Crippen molar-refractivity contribution in [2.75, 3.05) is 39.9 Å². The quantitative estimate of drug-likeness (QED) is 0.715. The Balaban J connectivity index is 2.60. The van der Waals surface area contributed by atoms with Crippen LogP contribution in [0.5, 0.6) is 0 Å². The molecular weight excluding hydrogens is 256 g/mol. The molecule has 1 aliphatic heterocycles. The summed E-state index contributed by atoms with van der Waals surface area (Å²) in [6.45, 7) is 3.85. The van der Waals surface area contributed by atoms with Gasteiger partial charge >= 0.3 is 0 Å². The summed E-state index contributed by atoms with van der Waals surface area (Å²) in [6, 6.07) is 0. The maximum Gasteiger partial charge on any atom is 0.281 e. The van der Waals surface area contributed by atoms with Crippen LogP contribution in [0.25, 0.3) is 0 Å². The number of ether oxygens (including phenoxy) is 1. The fourth-order valence-electron chi connectivity index (χ4n) is 2.09. The van der Waals surface area contributed by atoms with Gasteiger partial charge in [0, 0.05) is 39.9 Å². The van der Waals surface area contributed by atoms with Crippen molar-refractivity contribution in [1.29, 1.82) is 0 Å². The van der Waals surface area contributed by atoms with E-state index < -0.39 is 10.2 Å². The zero-order valence-corrected chi connectivity index (χ0v) is 12.0. The first-order chi connectivity index (χ1) is 8.52. The third-order valence-corrected chi connectivity index (χ3v) is 5.05. The molecule has 18 heavy (non-hydrogen) atoms. The monoisotopic (exact) mass is 280 g/mol. The van der Waals surface area contributed by atoms with Crippen molar-refractivity contribution in [2.24, 2.45) is 0 Å². The second-order valence-corrected chi connectivity index (χ2v) is 6.52. The van der Waals surface area contributed by atoms with Gasteiger partial charge in [0.05, 0.1) is 6.10 Å². The van der Waals surface area contributed by atoms with Crippen molar-refractivity contribution in [3.8, 4) is 0 Å². The number of rotatable bonds is 7. The van der Waals surface area contributed by atoms with Gasteiger partial charge in [0.2, 0.25) is 0 Å². The maximum atomic E-state index is 12.3. The second kappa shape index (κ2) is 7.40. The van der Waals surface area contributed by atoms with Crippen molar-refractivity contribution in [1.82, 2.24) is 8.61 Å². The van der Waals surface area contributed by atoms with E-state index in [9.17, 15) is 8.42 Å². The molecule has 0 radical (unpaired) electrons. The predicted molar refractivity (Wildman–Crippen MR) is 69.5 cm³/mol. The lowest BCUT2D eigenvalue weighted by molar-refractivity contribution is 0.0253. The highest BCUT2D eigenvalue weighted by atomic mass is 32.2. The smallest absolute Gasteiger partial charge is 0.281 e. The summed E-state index contributed by atoms with van der Waals surface area (Å²) >= 11 is 0. The average molecular weight is 280 g/mol. The molecule has 0 aromatic rings. The number of hydrogen-bond acceptors (Lipinski definition) is 4. The van der Waals surface area contributed by atoms with Gasteiger partial charge in [-0.15, -0.1) is 0 Å². The van der Waals surface area contributed by atoms with Gasteiger partial charge in [-0.2, -0.15) is 17.0 Å². The summed E-state index contributed by atoms with van der Waals surface area (Å²) in [6.07, 6.45) is 2.21. The van der Waals surface area contributed by atoms with Crippen LogP contribution < -0.4 is 0 Å². The minimum Gasteiger partial charge on any atom is -0.396 e. The summed E-state index contributed by atoms with van der Waals surface area (Å²) < 4.78 is 32.8. The van der Waals surface area contributed by atoms with E-state index in [0.29, 0.717) is 32.7 Å². The summed E-state index contributed by atoms with van der Waals surface area (Å²) in [5.41, 5.74) is 0. The van der Waals surface area contributed by atoms with Crippen LogP contribution in [0.1, 0.15) is 26.2 Å². The van der Waals surface area contributed by atoms with E-state index in [1.54, 1.807) is 7.05 Å². The standard InChI is InChI=1S/C11H24N2O4S/c1-3-17-11-6-4-8-13(10-11)18(15,16)12(2)7-5-9-14/h11,14H,3-10H2,1-2H3. The van der Waals surface area contributed by atoms with E-state index >= 15 is 0 Å². The van der Waals surface area contributed by atoms with Crippen LogP contribution in [-0.2, 0) is 14.9 Å². The van der Waals surface area contributed by atoms with Crippen molar-refractivity contribution < 1.29 is 18.3 Å². The molecule has 6 nitrogen and oxygen atoms in total. The lowest BCUT2D eigenvalue weighted by Crippen LogP contribution is -2.48. The Labute approximate surface area is 110 Å². The number of aliphatic hydroxyl groups is 1. The Kier molecular flexibility index (Phi) is 6.51. The molecule has 1 N–H and O–H groups in total. The molecule has 1 aliphatic rings. The first-order valence-electron chi connectivity index (χ1n) is 6.46. The third kappa shape index (κ3) is 4.17. The van der Waals surface area contributed by atoms with E-state index in [-0.39, 0.29) is 12.7 Å². The fourth-order valence-corrected chi connectivity index (χ4v) is 3.56. The number of nitrogens with zero attached hydrogens (tertiary/aromatic N) is 2.